The number of nitro groups is 1. The molecule has 0 aliphatic heterocycles. The van der Waals surface area contributed by atoms with Gasteiger partial charge in [0.25, 0.3) is 5.69 Å². The Kier molecular flexibility index (Phi) is 3.09. The molecule has 8 nitrogen and oxygen atoms in total. The van der Waals surface area contributed by atoms with Crippen molar-refractivity contribution in [2.45, 2.75) is 20.4 Å². The highest BCUT2D eigenvalue weighted by atomic mass is 16.6. The lowest BCUT2D eigenvalue weighted by Gasteiger charge is -2.18. The second kappa shape index (κ2) is 4.48. The van der Waals surface area contributed by atoms with Gasteiger partial charge < -0.3 is 9.52 Å². The molecule has 1 aromatic heterocycles. The van der Waals surface area contributed by atoms with E-state index < -0.39 is 22.1 Å². The Labute approximate surface area is 112 Å². The molecule has 0 fully saturated rings. The van der Waals surface area contributed by atoms with Crippen LogP contribution in [0.4, 0.5) is 5.69 Å². The molecule has 1 heterocycles. The van der Waals surface area contributed by atoms with Crippen LogP contribution < -0.4 is 5.76 Å². The summed E-state index contributed by atoms with van der Waals surface area (Å²) in [5, 5.41) is 19.8. The van der Waals surface area contributed by atoms with E-state index in [4.69, 9.17) is 9.52 Å². The van der Waals surface area contributed by atoms with Crippen LogP contribution in [0.25, 0.3) is 11.1 Å². The van der Waals surface area contributed by atoms with Crippen molar-refractivity contribution in [1.29, 1.82) is 0 Å². The van der Waals surface area contributed by atoms with Crippen LogP contribution in [0.3, 0.4) is 0 Å². The molecule has 0 aliphatic carbocycles. The van der Waals surface area contributed by atoms with Crippen molar-refractivity contribution < 1.29 is 19.2 Å². The van der Waals surface area contributed by atoms with Crippen molar-refractivity contribution in [2.24, 2.45) is 5.41 Å². The quantitative estimate of drug-likeness (QED) is 0.671. The maximum absolute atomic E-state index is 11.8. The zero-order chi connectivity index (χ0) is 15.1. The summed E-state index contributed by atoms with van der Waals surface area (Å²) >= 11 is 0. The number of benzene rings is 1. The van der Waals surface area contributed by atoms with Gasteiger partial charge in [0, 0.05) is 18.7 Å². The number of aromatic nitrogens is 1. The minimum atomic E-state index is -1.20. The number of aliphatic carboxylic acids is 1. The molecule has 8 heteroatoms. The van der Waals surface area contributed by atoms with Crippen LogP contribution in [0.2, 0.25) is 0 Å². The highest BCUT2D eigenvalue weighted by Gasteiger charge is 2.30. The van der Waals surface area contributed by atoms with E-state index in [-0.39, 0.29) is 23.3 Å². The standard InChI is InChI=1S/C12H12N2O6/c1-12(2,10(15)16)6-13-8-5-7(14(18)19)3-4-9(8)20-11(13)17/h3-5H,6H2,1-2H3,(H,15,16). The summed E-state index contributed by atoms with van der Waals surface area (Å²) in [6.45, 7) is 2.77. The molecule has 0 bridgehead atoms. The van der Waals surface area contributed by atoms with Gasteiger partial charge in [-0.05, 0) is 19.9 Å². The van der Waals surface area contributed by atoms with Crippen LogP contribution in [0.5, 0.6) is 0 Å². The Morgan fingerprint density at radius 3 is 2.70 bits per heavy atom. The van der Waals surface area contributed by atoms with Crippen molar-refractivity contribution in [3.05, 3.63) is 38.9 Å². The first kappa shape index (κ1) is 13.8. The average molecular weight is 280 g/mol. The van der Waals surface area contributed by atoms with E-state index in [0.717, 1.165) is 4.57 Å². The van der Waals surface area contributed by atoms with Gasteiger partial charge in [-0.1, -0.05) is 0 Å². The zero-order valence-corrected chi connectivity index (χ0v) is 10.8. The van der Waals surface area contributed by atoms with E-state index >= 15 is 0 Å². The lowest BCUT2D eigenvalue weighted by atomic mass is 9.94. The van der Waals surface area contributed by atoms with Crippen molar-refractivity contribution in [3.63, 3.8) is 0 Å². The van der Waals surface area contributed by atoms with E-state index in [0.29, 0.717) is 0 Å². The second-order valence-corrected chi connectivity index (χ2v) is 5.05. The Bertz CT molecular complexity index is 755. The zero-order valence-electron chi connectivity index (χ0n) is 10.8. The fourth-order valence-corrected chi connectivity index (χ4v) is 1.78. The van der Waals surface area contributed by atoms with Gasteiger partial charge in [-0.2, -0.15) is 0 Å². The van der Waals surface area contributed by atoms with Gasteiger partial charge in [0.2, 0.25) is 0 Å². The summed E-state index contributed by atoms with van der Waals surface area (Å²) in [6, 6.07) is 3.73. The predicted octanol–water partition coefficient (Wildman–Crippen LogP) is 1.61. The summed E-state index contributed by atoms with van der Waals surface area (Å²) < 4.78 is 6.04. The van der Waals surface area contributed by atoms with Gasteiger partial charge in [-0.15, -0.1) is 0 Å². The van der Waals surface area contributed by atoms with Gasteiger partial charge in [-0.3, -0.25) is 19.5 Å². The van der Waals surface area contributed by atoms with Crippen LogP contribution in [0, 0.1) is 15.5 Å². The molecule has 0 saturated carbocycles. The van der Waals surface area contributed by atoms with Crippen molar-refractivity contribution in [1.82, 2.24) is 4.57 Å². The monoisotopic (exact) mass is 280 g/mol. The molecule has 2 aromatic rings. The number of carboxylic acid groups (broad SMARTS) is 1. The molecule has 0 spiro atoms. The molecular weight excluding hydrogens is 268 g/mol. The first-order valence-electron chi connectivity index (χ1n) is 5.73. The molecule has 0 saturated heterocycles. The summed E-state index contributed by atoms with van der Waals surface area (Å²) in [7, 11) is 0. The number of carboxylic acids is 1. The third-order valence-corrected chi connectivity index (χ3v) is 2.99. The number of oxazole rings is 1. The van der Waals surface area contributed by atoms with E-state index in [1.165, 1.54) is 32.0 Å². The SMILES string of the molecule is CC(C)(Cn1c(=O)oc2ccc([N+](=O)[O-])cc21)C(=O)O. The summed E-state index contributed by atoms with van der Waals surface area (Å²) in [5.41, 5.74) is -1.01. The largest absolute Gasteiger partial charge is 0.481 e. The number of hydrogen-bond acceptors (Lipinski definition) is 5. The summed E-state index contributed by atoms with van der Waals surface area (Å²) in [4.78, 5) is 33.0. The molecule has 0 radical (unpaired) electrons. The van der Waals surface area contributed by atoms with Crippen LogP contribution in [-0.4, -0.2) is 20.6 Å². The van der Waals surface area contributed by atoms with Gasteiger partial charge in [0.05, 0.1) is 15.9 Å². The Balaban J connectivity index is 2.60. The van der Waals surface area contributed by atoms with Gasteiger partial charge in [-0.25, -0.2) is 4.79 Å². The fourth-order valence-electron chi connectivity index (χ4n) is 1.78. The topological polar surface area (TPSA) is 116 Å². The third kappa shape index (κ3) is 2.27. The average Bonchev–Trinajstić information content (AvgIpc) is 2.64. The van der Waals surface area contributed by atoms with Gasteiger partial charge in [0.1, 0.15) is 0 Å². The Morgan fingerprint density at radius 1 is 1.50 bits per heavy atom. The van der Waals surface area contributed by atoms with E-state index in [1.54, 1.807) is 0 Å². The molecule has 2 rings (SSSR count). The molecule has 0 atom stereocenters. The molecule has 0 aliphatic rings. The Morgan fingerprint density at radius 2 is 2.15 bits per heavy atom. The number of non-ortho nitro benzene ring substituents is 1. The number of nitro benzene ring substituents is 1. The maximum atomic E-state index is 11.8. The van der Waals surface area contributed by atoms with E-state index in [1.807, 2.05) is 0 Å². The predicted molar refractivity (Wildman–Crippen MR) is 68.5 cm³/mol. The second-order valence-electron chi connectivity index (χ2n) is 5.05. The number of nitrogens with zero attached hydrogens (tertiary/aromatic N) is 2. The number of carbonyl (C=O) groups is 1. The van der Waals surface area contributed by atoms with Gasteiger partial charge >= 0.3 is 11.7 Å². The van der Waals surface area contributed by atoms with Crippen LogP contribution in [0.15, 0.2) is 27.4 Å². The van der Waals surface area contributed by atoms with Crippen molar-refractivity contribution in [2.75, 3.05) is 0 Å². The summed E-state index contributed by atoms with van der Waals surface area (Å²) in [6.07, 6.45) is 0. The lowest BCUT2D eigenvalue weighted by Crippen LogP contribution is -2.32. The molecular formula is C12H12N2O6. The van der Waals surface area contributed by atoms with Gasteiger partial charge in [0.15, 0.2) is 5.58 Å². The smallest absolute Gasteiger partial charge is 0.419 e. The summed E-state index contributed by atoms with van der Waals surface area (Å²) in [5.74, 6) is -1.82. The van der Waals surface area contributed by atoms with Crippen molar-refractivity contribution in [3.8, 4) is 0 Å². The minimum Gasteiger partial charge on any atom is -0.481 e. The fraction of sp³-hybridized carbons (Fsp3) is 0.333. The Hall–Kier alpha value is -2.64. The first-order chi connectivity index (χ1) is 9.22. The number of hydrogen-bond donors (Lipinski definition) is 1. The lowest BCUT2D eigenvalue weighted by molar-refractivity contribution is -0.384. The van der Waals surface area contributed by atoms with E-state index in [9.17, 15) is 19.7 Å². The van der Waals surface area contributed by atoms with Crippen LogP contribution in [-0.2, 0) is 11.3 Å². The molecule has 1 aromatic carbocycles. The van der Waals surface area contributed by atoms with Crippen LogP contribution in [0.1, 0.15) is 13.8 Å². The molecule has 1 N–H and O–H groups in total. The number of rotatable bonds is 4. The normalized spacial score (nSPS) is 11.7. The first-order valence-corrected chi connectivity index (χ1v) is 5.73. The highest BCUT2D eigenvalue weighted by Crippen LogP contribution is 2.24. The van der Waals surface area contributed by atoms with E-state index in [2.05, 4.69) is 0 Å². The molecule has 20 heavy (non-hydrogen) atoms. The highest BCUT2D eigenvalue weighted by molar-refractivity contribution is 5.77. The molecule has 106 valence electrons. The molecule has 0 amide bonds. The third-order valence-electron chi connectivity index (χ3n) is 2.99. The van der Waals surface area contributed by atoms with Crippen LogP contribution >= 0.6 is 0 Å². The minimum absolute atomic E-state index is 0.144. The van der Waals surface area contributed by atoms with Crippen molar-refractivity contribution >= 4 is 22.8 Å². The maximum Gasteiger partial charge on any atom is 0.419 e. The number of fused-ring (bicyclic) bond motifs is 1. The molecule has 0 unspecified atom stereocenters.